The zero-order chi connectivity index (χ0) is 20.9. The number of likely N-dealkylation sites (tertiary alicyclic amines) is 1. The Morgan fingerprint density at radius 2 is 1.79 bits per heavy atom. The average Bonchev–Trinajstić information content (AvgIpc) is 2.86. The van der Waals surface area contributed by atoms with Gasteiger partial charge in [-0.25, -0.2) is 4.79 Å². The van der Waals surface area contributed by atoms with Crippen LogP contribution < -0.4 is 0 Å². The van der Waals surface area contributed by atoms with Crippen molar-refractivity contribution >= 4 is 27.9 Å². The number of ether oxygens (including phenoxy) is 1. The Kier molecular flexibility index (Phi) is 5.42. The Hall–Kier alpha value is -1.77. The predicted molar refractivity (Wildman–Crippen MR) is 99.9 cm³/mol. The van der Waals surface area contributed by atoms with Crippen LogP contribution in [0.2, 0.25) is 0 Å². The number of piperidine rings is 1. The monoisotopic (exact) mass is 462 g/mol. The van der Waals surface area contributed by atoms with E-state index in [1.54, 1.807) is 20.8 Å². The van der Waals surface area contributed by atoms with Crippen LogP contribution >= 0.6 is 15.9 Å². The van der Waals surface area contributed by atoms with Gasteiger partial charge in [0.25, 0.3) is 5.91 Å². The lowest BCUT2D eigenvalue weighted by Gasteiger charge is -2.40. The maximum Gasteiger partial charge on any atom is 0.413 e. The van der Waals surface area contributed by atoms with Crippen molar-refractivity contribution in [1.29, 1.82) is 0 Å². The predicted octanol–water partition coefficient (Wildman–Crippen LogP) is 4.91. The largest absolute Gasteiger partial charge is 0.444 e. The van der Waals surface area contributed by atoms with E-state index in [0.717, 1.165) is 4.90 Å². The molecule has 3 rings (SSSR count). The second kappa shape index (κ2) is 7.24. The first-order valence-electron chi connectivity index (χ1n) is 9.05. The molecule has 2 aliphatic rings. The van der Waals surface area contributed by atoms with Crippen LogP contribution in [-0.2, 0) is 4.74 Å². The van der Waals surface area contributed by atoms with Gasteiger partial charge in [0, 0.05) is 29.2 Å². The van der Waals surface area contributed by atoms with Crippen LogP contribution in [-0.4, -0.2) is 52.7 Å². The average molecular weight is 463 g/mol. The molecular formula is C19H22BrF3N2O3. The molecule has 154 valence electrons. The molecule has 1 unspecified atom stereocenters. The van der Waals surface area contributed by atoms with Crippen molar-refractivity contribution < 1.29 is 27.5 Å². The van der Waals surface area contributed by atoms with Gasteiger partial charge in [0.1, 0.15) is 5.60 Å². The van der Waals surface area contributed by atoms with Crippen LogP contribution in [0.3, 0.4) is 0 Å². The van der Waals surface area contributed by atoms with Crippen LogP contribution in [0.4, 0.5) is 18.0 Å². The summed E-state index contributed by atoms with van der Waals surface area (Å²) < 4.78 is 47.3. The molecule has 0 N–H and O–H groups in total. The summed E-state index contributed by atoms with van der Waals surface area (Å²) in [5.74, 6) is -0.616. The molecule has 0 bridgehead atoms. The molecule has 0 saturated carbocycles. The number of benzene rings is 1. The van der Waals surface area contributed by atoms with Crippen LogP contribution in [0, 0.1) is 0 Å². The summed E-state index contributed by atoms with van der Waals surface area (Å²) in [5.41, 5.74) is -0.587. The highest BCUT2D eigenvalue weighted by molar-refractivity contribution is 9.10. The molecule has 1 fully saturated rings. The van der Waals surface area contributed by atoms with E-state index in [1.165, 1.54) is 23.1 Å². The quantitative estimate of drug-likeness (QED) is 0.595. The molecule has 0 radical (unpaired) electrons. The molecule has 2 amide bonds. The summed E-state index contributed by atoms with van der Waals surface area (Å²) in [6.45, 7) is 5.75. The number of carbonyl (C=O) groups is 2. The smallest absolute Gasteiger partial charge is 0.413 e. The van der Waals surface area contributed by atoms with Gasteiger partial charge in [0.05, 0.1) is 0 Å². The number of rotatable bonds is 1. The Morgan fingerprint density at radius 1 is 1.18 bits per heavy atom. The van der Waals surface area contributed by atoms with Gasteiger partial charge in [-0.2, -0.15) is 13.2 Å². The van der Waals surface area contributed by atoms with Gasteiger partial charge >= 0.3 is 12.3 Å². The van der Waals surface area contributed by atoms with Crippen LogP contribution in [0.1, 0.15) is 55.6 Å². The zero-order valence-corrected chi connectivity index (χ0v) is 17.4. The lowest BCUT2D eigenvalue weighted by molar-refractivity contribution is -0.182. The van der Waals surface area contributed by atoms with Crippen molar-refractivity contribution in [2.24, 2.45) is 0 Å². The van der Waals surface area contributed by atoms with E-state index in [0.29, 0.717) is 4.47 Å². The van der Waals surface area contributed by atoms with E-state index in [9.17, 15) is 22.8 Å². The number of fused-ring (bicyclic) bond motifs is 1. The Morgan fingerprint density at radius 3 is 2.32 bits per heavy atom. The van der Waals surface area contributed by atoms with E-state index in [1.807, 2.05) is 0 Å². The third-order valence-electron chi connectivity index (χ3n) is 4.87. The maximum atomic E-state index is 13.8. The summed E-state index contributed by atoms with van der Waals surface area (Å²) in [6.07, 6.45) is -4.52. The minimum absolute atomic E-state index is 0.0183. The molecule has 2 aliphatic heterocycles. The highest BCUT2D eigenvalue weighted by atomic mass is 79.9. The van der Waals surface area contributed by atoms with Gasteiger partial charge in [0.2, 0.25) is 0 Å². The van der Waals surface area contributed by atoms with Gasteiger partial charge in [-0.1, -0.05) is 22.0 Å². The minimum Gasteiger partial charge on any atom is -0.444 e. The van der Waals surface area contributed by atoms with Crippen molar-refractivity contribution in [3.8, 4) is 0 Å². The van der Waals surface area contributed by atoms with Crippen LogP contribution in [0.5, 0.6) is 0 Å². The van der Waals surface area contributed by atoms with E-state index >= 15 is 0 Å². The molecule has 28 heavy (non-hydrogen) atoms. The first-order chi connectivity index (χ1) is 12.9. The first kappa shape index (κ1) is 21.0. The molecule has 1 aromatic rings. The summed E-state index contributed by atoms with van der Waals surface area (Å²) in [4.78, 5) is 27.4. The van der Waals surface area contributed by atoms with E-state index in [4.69, 9.17) is 4.74 Å². The van der Waals surface area contributed by atoms with Gasteiger partial charge in [-0.05, 0) is 51.3 Å². The number of carbonyl (C=O) groups excluding carboxylic acids is 2. The molecule has 5 nitrogen and oxygen atoms in total. The fraction of sp³-hybridized carbons (Fsp3) is 0.579. The molecule has 1 atom stereocenters. The van der Waals surface area contributed by atoms with Crippen molar-refractivity contribution in [2.75, 3.05) is 13.1 Å². The lowest BCUT2D eigenvalue weighted by atomic mass is 10.0. The summed E-state index contributed by atoms with van der Waals surface area (Å²) in [6, 6.07) is 1.75. The minimum atomic E-state index is -4.57. The molecule has 2 heterocycles. The van der Waals surface area contributed by atoms with Crippen LogP contribution in [0.15, 0.2) is 22.7 Å². The molecule has 0 spiro atoms. The highest BCUT2D eigenvalue weighted by Gasteiger charge is 2.54. The second-order valence-corrected chi connectivity index (χ2v) is 9.00. The van der Waals surface area contributed by atoms with Crippen molar-refractivity contribution in [3.63, 3.8) is 0 Å². The number of hydrogen-bond acceptors (Lipinski definition) is 3. The van der Waals surface area contributed by atoms with Crippen molar-refractivity contribution in [3.05, 3.63) is 33.8 Å². The third kappa shape index (κ3) is 4.14. The number of hydrogen-bond donors (Lipinski definition) is 0. The number of alkyl halides is 3. The Bertz CT molecular complexity index is 784. The third-order valence-corrected chi connectivity index (χ3v) is 5.37. The fourth-order valence-electron chi connectivity index (χ4n) is 3.72. The summed E-state index contributed by atoms with van der Waals surface area (Å²) in [5, 5.41) is 0. The van der Waals surface area contributed by atoms with Crippen LogP contribution in [0.25, 0.3) is 0 Å². The Balaban J connectivity index is 1.78. The summed E-state index contributed by atoms with van der Waals surface area (Å²) in [7, 11) is 0. The maximum absolute atomic E-state index is 13.8. The molecule has 9 heteroatoms. The van der Waals surface area contributed by atoms with Crippen molar-refractivity contribution in [1.82, 2.24) is 9.80 Å². The molecular weight excluding hydrogens is 441 g/mol. The van der Waals surface area contributed by atoms with Gasteiger partial charge in [-0.3, -0.25) is 4.79 Å². The standard InChI is InChI=1S/C19H22BrF3N2O3/c1-18(2,3)28-17(27)24-8-6-12(7-9-24)25-15(19(21,22)23)13-5-4-11(20)10-14(13)16(25)26/h4-5,10,12,15H,6-9H2,1-3H3. The van der Waals surface area contributed by atoms with Gasteiger partial charge in [0.15, 0.2) is 6.04 Å². The zero-order valence-electron chi connectivity index (χ0n) is 15.8. The SMILES string of the molecule is CC(C)(C)OC(=O)N1CCC(N2C(=O)c3cc(Br)ccc3C2C(F)(F)F)CC1. The second-order valence-electron chi connectivity index (χ2n) is 8.09. The molecule has 1 aromatic carbocycles. The molecule has 0 aliphatic carbocycles. The molecule has 1 saturated heterocycles. The lowest BCUT2D eigenvalue weighted by Crippen LogP contribution is -2.50. The normalized spacial score (nSPS) is 21.1. The number of nitrogens with zero attached hydrogens (tertiary/aromatic N) is 2. The first-order valence-corrected chi connectivity index (χ1v) is 9.84. The van der Waals surface area contributed by atoms with Crippen molar-refractivity contribution in [2.45, 2.75) is 57.5 Å². The van der Waals surface area contributed by atoms with E-state index in [2.05, 4.69) is 15.9 Å². The topological polar surface area (TPSA) is 49.9 Å². The van der Waals surface area contributed by atoms with Gasteiger partial charge < -0.3 is 14.5 Å². The highest BCUT2D eigenvalue weighted by Crippen LogP contribution is 2.47. The number of halogens is 4. The number of amides is 2. The fourth-order valence-corrected chi connectivity index (χ4v) is 4.08. The summed E-state index contributed by atoms with van der Waals surface area (Å²) >= 11 is 3.22. The van der Waals surface area contributed by atoms with E-state index < -0.39 is 35.9 Å². The van der Waals surface area contributed by atoms with Gasteiger partial charge in [-0.15, -0.1) is 0 Å². The Labute approximate surface area is 169 Å². The molecule has 0 aromatic heterocycles. The van der Waals surface area contributed by atoms with E-state index in [-0.39, 0.29) is 37.1 Å².